The van der Waals surface area contributed by atoms with E-state index in [4.69, 9.17) is 20.3 Å². The van der Waals surface area contributed by atoms with Gasteiger partial charge in [0.2, 0.25) is 35.2 Å². The number of oxazole rings is 2. The van der Waals surface area contributed by atoms with Gasteiger partial charge in [-0.05, 0) is 47.0 Å². The number of nitrogens with one attached hydrogen (secondary N) is 2. The number of rotatable bonds is 12. The van der Waals surface area contributed by atoms with E-state index >= 15 is 0 Å². The second-order valence-electron chi connectivity index (χ2n) is 11.3. The van der Waals surface area contributed by atoms with Gasteiger partial charge in [-0.15, -0.1) is 0 Å². The molecule has 6 rings (SSSR count). The van der Waals surface area contributed by atoms with Crippen molar-refractivity contribution in [2.45, 2.75) is 53.6 Å². The van der Waals surface area contributed by atoms with E-state index < -0.39 is 23.6 Å². The molecule has 17 nitrogen and oxygen atoms in total. The predicted octanol–water partition coefficient (Wildman–Crippen LogP) is 4.22. The molecule has 1 aromatic carbocycles. The third-order valence-electron chi connectivity index (χ3n) is 7.83. The number of nitrogens with two attached hydrogens (primary N) is 2. The van der Waals surface area contributed by atoms with E-state index in [1.807, 2.05) is 19.9 Å². The molecule has 0 bridgehead atoms. The molecule has 4 amide bonds. The van der Waals surface area contributed by atoms with Gasteiger partial charge in [-0.25, -0.2) is 24.9 Å². The molecule has 0 aliphatic heterocycles. The van der Waals surface area contributed by atoms with Gasteiger partial charge < -0.3 is 24.9 Å². The maximum atomic E-state index is 13.3. The highest BCUT2D eigenvalue weighted by atomic mass is 79.9. The van der Waals surface area contributed by atoms with Crippen molar-refractivity contribution in [3.05, 3.63) is 86.8 Å². The summed E-state index contributed by atoms with van der Waals surface area (Å²) in [7, 11) is 0. The summed E-state index contributed by atoms with van der Waals surface area (Å²) in [6, 6.07) is 4.60. The van der Waals surface area contributed by atoms with Gasteiger partial charge in [0, 0.05) is 43.2 Å². The first-order valence-corrected chi connectivity index (χ1v) is 16.5. The van der Waals surface area contributed by atoms with E-state index in [1.54, 1.807) is 35.1 Å². The number of anilines is 2. The highest BCUT2D eigenvalue weighted by molar-refractivity contribution is 9.10. The van der Waals surface area contributed by atoms with Crippen LogP contribution in [0, 0.1) is 13.8 Å². The number of carbonyl (C=O) groups excluding carboxylic acids is 4. The Morgan fingerprint density at radius 2 is 1.27 bits per heavy atom. The first kappa shape index (κ1) is 34.7. The molecule has 0 fully saturated rings. The number of amides is 4. The van der Waals surface area contributed by atoms with Crippen LogP contribution in [0.4, 0.5) is 11.9 Å². The number of fused-ring (bicyclic) bond motifs is 2. The Bertz CT molecular complexity index is 2400. The van der Waals surface area contributed by atoms with Gasteiger partial charge in [-0.2, -0.15) is 0 Å². The van der Waals surface area contributed by atoms with Crippen molar-refractivity contribution in [3.63, 3.8) is 0 Å². The van der Waals surface area contributed by atoms with Gasteiger partial charge in [0.25, 0.3) is 11.8 Å². The number of hydrogen-bond donors (Lipinski definition) is 4. The molecule has 5 heterocycles. The van der Waals surface area contributed by atoms with Crippen LogP contribution in [-0.2, 0) is 25.9 Å². The zero-order chi connectivity index (χ0) is 36.6. The van der Waals surface area contributed by atoms with Crippen LogP contribution in [0.25, 0.3) is 22.2 Å². The lowest BCUT2D eigenvalue weighted by Gasteiger charge is -2.10. The van der Waals surface area contributed by atoms with E-state index in [0.717, 1.165) is 0 Å². The van der Waals surface area contributed by atoms with Gasteiger partial charge in [0.05, 0.1) is 28.0 Å². The average molecular weight is 759 g/mol. The molecular formula is C33H32BrN11O6. The number of pyridine rings is 1. The van der Waals surface area contributed by atoms with Crippen molar-refractivity contribution in [1.29, 1.82) is 0 Å². The van der Waals surface area contributed by atoms with E-state index in [-0.39, 0.29) is 47.6 Å². The number of halogens is 1. The van der Waals surface area contributed by atoms with Crippen molar-refractivity contribution in [2.24, 2.45) is 11.5 Å². The lowest BCUT2D eigenvalue weighted by molar-refractivity contribution is 0.0985. The van der Waals surface area contributed by atoms with E-state index in [0.29, 0.717) is 62.7 Å². The van der Waals surface area contributed by atoms with Crippen LogP contribution in [0.2, 0.25) is 0 Å². The molecular weight excluding hydrogens is 726 g/mol. The number of nitrogens with zero attached hydrogens (tertiary/aromatic N) is 7. The second kappa shape index (κ2) is 14.0. The SMILES string of the molecule is CCc1nc(C)oc1C(=O)Nc1nc2cc(C(N)=O)cnc2n1CC=CCn1c(NC(=O)c2oc(C)nc2CC)nc2cc(C(N)=O)cc(Br)c21. The van der Waals surface area contributed by atoms with Gasteiger partial charge in [0.1, 0.15) is 5.52 Å². The van der Waals surface area contributed by atoms with Gasteiger partial charge in [-0.3, -0.25) is 34.4 Å². The Morgan fingerprint density at radius 3 is 1.82 bits per heavy atom. The summed E-state index contributed by atoms with van der Waals surface area (Å²) in [6.07, 6.45) is 5.90. The summed E-state index contributed by atoms with van der Waals surface area (Å²) in [4.78, 5) is 72.6. The number of primary amides is 2. The minimum atomic E-state index is -0.678. The first-order chi connectivity index (χ1) is 24.4. The molecule has 0 saturated heterocycles. The fourth-order valence-electron chi connectivity index (χ4n) is 5.50. The van der Waals surface area contributed by atoms with Crippen molar-refractivity contribution < 1.29 is 28.0 Å². The standard InChI is InChI=1S/C33H32BrN11O6/c1-5-20-25(50-15(3)38-20)30(48)42-32-40-22-12-17(27(35)46)11-19(34)24(22)44(32)9-7-8-10-45-29-23(13-18(14-37-29)28(36)47)41-33(45)43-31(49)26-21(6-2)39-16(4)51-26/h7-8,11-14H,5-6,9-10H2,1-4H3,(H2,35,46)(H2,36,47)(H,40,42,48)(H,41,43,49). The Morgan fingerprint density at radius 1 is 0.765 bits per heavy atom. The van der Waals surface area contributed by atoms with E-state index in [2.05, 4.69) is 51.5 Å². The fraction of sp³-hybridized carbons (Fsp3) is 0.242. The van der Waals surface area contributed by atoms with Crippen LogP contribution in [0.3, 0.4) is 0 Å². The molecule has 0 aliphatic rings. The highest BCUT2D eigenvalue weighted by Gasteiger charge is 2.24. The van der Waals surface area contributed by atoms with Crippen molar-refractivity contribution >= 4 is 73.7 Å². The first-order valence-electron chi connectivity index (χ1n) is 15.7. The lowest BCUT2D eigenvalue weighted by atomic mass is 10.2. The molecule has 0 saturated carbocycles. The minimum Gasteiger partial charge on any atom is -0.436 e. The number of aromatic nitrogens is 7. The number of allylic oxidation sites excluding steroid dienone is 2. The number of aryl methyl sites for hydroxylation is 4. The fourth-order valence-corrected chi connectivity index (χ4v) is 6.16. The van der Waals surface area contributed by atoms with E-state index in [9.17, 15) is 19.2 Å². The average Bonchev–Trinajstić information content (AvgIpc) is 3.85. The molecule has 6 aromatic rings. The highest BCUT2D eigenvalue weighted by Crippen LogP contribution is 2.30. The second-order valence-corrected chi connectivity index (χ2v) is 12.2. The normalized spacial score (nSPS) is 11.5. The van der Waals surface area contributed by atoms with E-state index in [1.165, 1.54) is 18.3 Å². The Balaban J connectivity index is 1.34. The Labute approximate surface area is 297 Å². The number of benzene rings is 1. The monoisotopic (exact) mass is 757 g/mol. The molecule has 0 spiro atoms. The summed E-state index contributed by atoms with van der Waals surface area (Å²) in [6.45, 7) is 7.39. The maximum Gasteiger partial charge on any atom is 0.295 e. The molecule has 6 N–H and O–H groups in total. The van der Waals surface area contributed by atoms with Crippen molar-refractivity contribution in [3.8, 4) is 0 Å². The molecule has 0 radical (unpaired) electrons. The largest absolute Gasteiger partial charge is 0.436 e. The number of hydrogen-bond acceptors (Lipinski definition) is 11. The summed E-state index contributed by atoms with van der Waals surface area (Å²) >= 11 is 3.52. The van der Waals surface area contributed by atoms with Gasteiger partial charge in [0.15, 0.2) is 17.4 Å². The smallest absolute Gasteiger partial charge is 0.295 e. The van der Waals surface area contributed by atoms with Gasteiger partial charge in [-0.1, -0.05) is 26.0 Å². The molecule has 0 unspecified atom stereocenters. The zero-order valence-electron chi connectivity index (χ0n) is 27.9. The number of carbonyl (C=O) groups is 4. The van der Waals surface area contributed by atoms with Crippen LogP contribution >= 0.6 is 15.9 Å². The summed E-state index contributed by atoms with van der Waals surface area (Å²) in [5.74, 6) is -1.26. The molecule has 0 aliphatic carbocycles. The molecule has 0 atom stereocenters. The van der Waals surface area contributed by atoms with Crippen LogP contribution in [0.5, 0.6) is 0 Å². The van der Waals surface area contributed by atoms with Gasteiger partial charge >= 0.3 is 0 Å². The molecule has 51 heavy (non-hydrogen) atoms. The van der Waals surface area contributed by atoms with Crippen LogP contribution in [0.15, 0.2) is 49.9 Å². The Hall–Kier alpha value is -6.17. The minimum absolute atomic E-state index is 0.0631. The third kappa shape index (κ3) is 6.85. The van der Waals surface area contributed by atoms with Crippen LogP contribution < -0.4 is 22.1 Å². The summed E-state index contributed by atoms with van der Waals surface area (Å²) < 4.78 is 15.0. The number of imidazole rings is 2. The quantitative estimate of drug-likeness (QED) is 0.129. The Kier molecular flexibility index (Phi) is 9.51. The van der Waals surface area contributed by atoms with Crippen molar-refractivity contribution in [1.82, 2.24) is 34.1 Å². The molecule has 18 heteroatoms. The molecule has 262 valence electrons. The lowest BCUT2D eigenvalue weighted by Crippen LogP contribution is -2.17. The zero-order valence-corrected chi connectivity index (χ0v) is 29.5. The summed E-state index contributed by atoms with van der Waals surface area (Å²) in [5.41, 5.74) is 14.1. The van der Waals surface area contributed by atoms with Crippen LogP contribution in [-0.4, -0.2) is 57.7 Å². The maximum absolute atomic E-state index is 13.3. The third-order valence-corrected chi connectivity index (χ3v) is 8.44. The summed E-state index contributed by atoms with van der Waals surface area (Å²) in [5, 5.41) is 5.59. The van der Waals surface area contributed by atoms with Crippen molar-refractivity contribution in [2.75, 3.05) is 10.6 Å². The predicted molar refractivity (Wildman–Crippen MR) is 188 cm³/mol. The molecule has 5 aromatic heterocycles. The van der Waals surface area contributed by atoms with Crippen LogP contribution in [0.1, 0.15) is 78.8 Å². The topological polar surface area (TPSA) is 245 Å².